The number of carbonyl (C=O) groups is 1. The van der Waals surface area contributed by atoms with E-state index < -0.39 is 60.4 Å². The van der Waals surface area contributed by atoms with Crippen molar-refractivity contribution in [2.24, 2.45) is 5.41 Å². The zero-order valence-corrected chi connectivity index (χ0v) is 43.0. The maximum absolute atomic E-state index is 14.3. The molecule has 0 saturated carbocycles. The van der Waals surface area contributed by atoms with E-state index in [1.807, 2.05) is 52.1 Å². The Morgan fingerprint density at radius 3 is 2.10 bits per heavy atom. The van der Waals surface area contributed by atoms with Crippen LogP contribution in [0.15, 0.2) is 117 Å². The van der Waals surface area contributed by atoms with Crippen LogP contribution in [0, 0.1) is 5.41 Å². The number of hydrogen-bond acceptors (Lipinski definition) is 12. The molecule has 4 aromatic rings. The van der Waals surface area contributed by atoms with Crippen LogP contribution in [-0.4, -0.2) is 136 Å². The molecular weight excluding hydrogens is 1010 g/mol. The predicted molar refractivity (Wildman–Crippen MR) is 270 cm³/mol. The number of anilines is 2. The highest BCUT2D eigenvalue weighted by Crippen LogP contribution is 2.43. The molecule has 380 valence electrons. The van der Waals surface area contributed by atoms with E-state index in [1.165, 1.54) is 40.6 Å². The third-order valence-electron chi connectivity index (χ3n) is 12.9. The van der Waals surface area contributed by atoms with Crippen LogP contribution in [0.4, 0.5) is 24.5 Å². The van der Waals surface area contributed by atoms with Gasteiger partial charge in [-0.1, -0.05) is 61.4 Å². The monoisotopic (exact) mass is 1070 g/mol. The van der Waals surface area contributed by atoms with Gasteiger partial charge in [-0.3, -0.25) is 19.2 Å². The molecule has 4 N–H and O–H groups in total. The van der Waals surface area contributed by atoms with Gasteiger partial charge in [0.25, 0.3) is 25.8 Å². The highest BCUT2D eigenvalue weighted by molar-refractivity contribution is 7.99. The lowest BCUT2D eigenvalue weighted by Crippen LogP contribution is -2.47. The number of benzene rings is 4. The first-order valence-electron chi connectivity index (χ1n) is 23.0. The molecule has 2 fully saturated rings. The standard InChI is InChI=1S/C48H59ClF3N6O8PS3/c1-47(2)20-18-43(35-8-12-38(49)13-9-35)37(31-47)32-56-26-28-58(29-27-56)40-14-10-36(11-15-40)46(59)54-70(65,66)42-16-17-44(45(30-42)69(63,64)48(50,51)52)53-39(33-68-41-6-4-3-5-7-41)19-21-55-22-24-57(25-23-55)34-67(60,61)62/h3-17,30,39,53H,18-29,31-34H2,1-2H3,(H,54,59)(H2,60,61,62). The molecule has 3 aliphatic rings. The topological polar surface area (TPSA) is 180 Å². The van der Waals surface area contributed by atoms with E-state index in [0.717, 1.165) is 74.7 Å². The number of hydrogen-bond donors (Lipinski definition) is 4. The zero-order chi connectivity index (χ0) is 50.5. The molecule has 1 aliphatic carbocycles. The second-order valence-corrected chi connectivity index (χ2v) is 25.5. The first kappa shape index (κ1) is 53.8. The largest absolute Gasteiger partial charge is 0.501 e. The molecule has 0 radical (unpaired) electrons. The molecule has 0 aromatic heterocycles. The van der Waals surface area contributed by atoms with E-state index in [2.05, 4.69) is 41.1 Å². The fourth-order valence-electron chi connectivity index (χ4n) is 9.08. The average molecular weight is 1070 g/mol. The van der Waals surface area contributed by atoms with Crippen LogP contribution in [0.5, 0.6) is 0 Å². The molecule has 1 unspecified atom stereocenters. The third-order valence-corrected chi connectivity index (χ3v) is 18.0. The van der Waals surface area contributed by atoms with Gasteiger partial charge >= 0.3 is 13.1 Å². The summed E-state index contributed by atoms with van der Waals surface area (Å²) in [5.74, 6) is -0.776. The lowest BCUT2D eigenvalue weighted by molar-refractivity contribution is -0.0436. The van der Waals surface area contributed by atoms with Crippen LogP contribution in [0.3, 0.4) is 0 Å². The minimum atomic E-state index is -6.13. The summed E-state index contributed by atoms with van der Waals surface area (Å²) in [5.41, 5.74) is -1.25. The Bertz CT molecular complexity index is 2770. The fraction of sp³-hybridized carbons (Fsp3) is 0.438. The van der Waals surface area contributed by atoms with Gasteiger partial charge in [-0.15, -0.1) is 11.8 Å². The van der Waals surface area contributed by atoms with E-state index in [0.29, 0.717) is 50.2 Å². The summed E-state index contributed by atoms with van der Waals surface area (Å²) < 4.78 is 110. The molecule has 0 bridgehead atoms. The van der Waals surface area contributed by atoms with E-state index in [-0.39, 0.29) is 23.0 Å². The van der Waals surface area contributed by atoms with E-state index in [1.54, 1.807) is 17.0 Å². The maximum atomic E-state index is 14.3. The van der Waals surface area contributed by atoms with Gasteiger partial charge < -0.3 is 24.9 Å². The van der Waals surface area contributed by atoms with Crippen LogP contribution in [0.1, 0.15) is 55.5 Å². The summed E-state index contributed by atoms with van der Waals surface area (Å²) in [5, 5.41) is 3.66. The Morgan fingerprint density at radius 1 is 0.843 bits per heavy atom. The summed E-state index contributed by atoms with van der Waals surface area (Å²) in [4.78, 5) is 39.1. The van der Waals surface area contributed by atoms with Crippen molar-refractivity contribution in [2.45, 2.75) is 65.8 Å². The highest BCUT2D eigenvalue weighted by Gasteiger charge is 2.48. The van der Waals surface area contributed by atoms with Crippen molar-refractivity contribution in [3.63, 3.8) is 0 Å². The highest BCUT2D eigenvalue weighted by atomic mass is 35.5. The van der Waals surface area contributed by atoms with Crippen molar-refractivity contribution >= 4 is 73.7 Å². The SMILES string of the molecule is CC1(C)CCC(c2ccc(Cl)cc2)=C(CN2CCN(c3ccc(C(=O)NS(=O)(=O)c4ccc(NC(CCN5CCN(CP(=O)(O)O)CC5)CSc5ccccc5)c(S(=O)(=O)C(F)(F)F)c4)cc3)CC2)C1. The van der Waals surface area contributed by atoms with E-state index in [4.69, 9.17) is 11.6 Å². The van der Waals surface area contributed by atoms with Crippen molar-refractivity contribution in [3.05, 3.63) is 119 Å². The molecule has 1 amide bonds. The summed E-state index contributed by atoms with van der Waals surface area (Å²) in [7, 11) is -15.3. The van der Waals surface area contributed by atoms with Crippen molar-refractivity contribution in [1.29, 1.82) is 0 Å². The second kappa shape index (κ2) is 22.4. The number of carbonyl (C=O) groups excluding carboxylic acids is 1. The van der Waals surface area contributed by atoms with Crippen LogP contribution < -0.4 is 14.9 Å². The maximum Gasteiger partial charge on any atom is 0.501 e. The molecule has 22 heteroatoms. The second-order valence-electron chi connectivity index (χ2n) is 18.8. The van der Waals surface area contributed by atoms with Gasteiger partial charge in [-0.2, -0.15) is 13.2 Å². The number of allylic oxidation sites excluding steroid dienone is 1. The predicted octanol–water partition coefficient (Wildman–Crippen LogP) is 8.25. The Morgan fingerprint density at radius 2 is 1.47 bits per heavy atom. The lowest BCUT2D eigenvalue weighted by Gasteiger charge is -2.39. The fourth-order valence-corrected chi connectivity index (χ4v) is 13.0. The van der Waals surface area contributed by atoms with Gasteiger partial charge in [0, 0.05) is 98.4 Å². The summed E-state index contributed by atoms with van der Waals surface area (Å²) in [6.07, 6.45) is 3.06. The molecular formula is C48H59ClF3N6O8PS3. The number of nitrogens with zero attached hydrogens (tertiary/aromatic N) is 4. The molecule has 1 atom stereocenters. The smallest absolute Gasteiger partial charge is 0.380 e. The van der Waals surface area contributed by atoms with Crippen LogP contribution in [0.25, 0.3) is 5.57 Å². The quantitative estimate of drug-likeness (QED) is 0.0553. The van der Waals surface area contributed by atoms with Gasteiger partial charge in [0.1, 0.15) is 11.2 Å². The molecule has 2 saturated heterocycles. The Labute approximate surface area is 417 Å². The molecule has 70 heavy (non-hydrogen) atoms. The van der Waals surface area contributed by atoms with Crippen LogP contribution in [0.2, 0.25) is 5.02 Å². The zero-order valence-electron chi connectivity index (χ0n) is 38.9. The number of halogens is 4. The number of sulfonamides is 1. The van der Waals surface area contributed by atoms with Gasteiger partial charge in [0.05, 0.1) is 10.6 Å². The number of thioether (sulfide) groups is 1. The summed E-state index contributed by atoms with van der Waals surface area (Å²) in [6.45, 7) is 10.6. The first-order valence-corrected chi connectivity index (χ1v) is 29.1. The minimum absolute atomic E-state index is 0.0315. The van der Waals surface area contributed by atoms with Crippen molar-refractivity contribution < 1.29 is 49.2 Å². The Kier molecular flexibility index (Phi) is 17.3. The number of rotatable bonds is 18. The van der Waals surface area contributed by atoms with Crippen molar-refractivity contribution in [2.75, 3.05) is 87.7 Å². The number of nitrogens with one attached hydrogen (secondary N) is 2. The summed E-state index contributed by atoms with van der Waals surface area (Å²) >= 11 is 7.58. The number of piperazine rings is 2. The van der Waals surface area contributed by atoms with Crippen LogP contribution >= 0.6 is 31.0 Å². The van der Waals surface area contributed by atoms with Gasteiger partial charge in [-0.05, 0) is 109 Å². The summed E-state index contributed by atoms with van der Waals surface area (Å²) in [6, 6.07) is 25.2. The van der Waals surface area contributed by atoms with Crippen molar-refractivity contribution in [1.82, 2.24) is 19.4 Å². The average Bonchev–Trinajstić information content (AvgIpc) is 3.30. The van der Waals surface area contributed by atoms with Gasteiger partial charge in [0.15, 0.2) is 0 Å². The molecule has 4 aromatic carbocycles. The van der Waals surface area contributed by atoms with Crippen molar-refractivity contribution in [3.8, 4) is 0 Å². The lowest BCUT2D eigenvalue weighted by atomic mass is 9.73. The normalized spacial score (nSPS) is 18.4. The van der Waals surface area contributed by atoms with E-state index >= 15 is 0 Å². The number of alkyl halides is 3. The first-order chi connectivity index (χ1) is 32.9. The van der Waals surface area contributed by atoms with E-state index in [9.17, 15) is 49.2 Å². The van der Waals surface area contributed by atoms with Gasteiger partial charge in [0.2, 0.25) is 0 Å². The number of sulfone groups is 1. The minimum Gasteiger partial charge on any atom is -0.380 e. The molecule has 0 spiro atoms. The van der Waals surface area contributed by atoms with Gasteiger partial charge in [-0.25, -0.2) is 21.6 Å². The molecule has 2 heterocycles. The molecule has 7 rings (SSSR count). The van der Waals surface area contributed by atoms with Crippen LogP contribution in [-0.2, 0) is 24.4 Å². The number of amides is 1. The molecule has 2 aliphatic heterocycles. The third kappa shape index (κ3) is 14.4. The Balaban J connectivity index is 1.01. The molecule has 14 nitrogen and oxygen atoms in total. The Hall–Kier alpha value is -3.95.